The fourth-order valence-corrected chi connectivity index (χ4v) is 2.13. The molecule has 2 N–H and O–H groups in total. The first-order chi connectivity index (χ1) is 8.58. The number of rotatable bonds is 3. The third-order valence-corrected chi connectivity index (χ3v) is 3.36. The van der Waals surface area contributed by atoms with E-state index in [0.29, 0.717) is 19.7 Å². The third kappa shape index (κ3) is 2.88. The van der Waals surface area contributed by atoms with E-state index in [-0.39, 0.29) is 12.3 Å². The molecule has 0 spiro atoms. The summed E-state index contributed by atoms with van der Waals surface area (Å²) in [5, 5.41) is 11.8. The molecule has 18 heavy (non-hydrogen) atoms. The van der Waals surface area contributed by atoms with E-state index in [4.69, 9.17) is 9.84 Å². The van der Waals surface area contributed by atoms with Crippen LogP contribution in [0.3, 0.4) is 0 Å². The molecule has 0 aromatic carbocycles. The van der Waals surface area contributed by atoms with E-state index in [1.165, 1.54) is 0 Å². The minimum atomic E-state index is -0.896. The Labute approximate surface area is 106 Å². The van der Waals surface area contributed by atoms with Crippen molar-refractivity contribution in [2.24, 2.45) is 0 Å². The summed E-state index contributed by atoms with van der Waals surface area (Å²) >= 11 is 0. The van der Waals surface area contributed by atoms with E-state index in [1.807, 2.05) is 6.92 Å². The summed E-state index contributed by atoms with van der Waals surface area (Å²) in [7, 11) is 0. The van der Waals surface area contributed by atoms with Crippen LogP contribution in [0.4, 0.5) is 0 Å². The molecule has 100 valence electrons. The van der Waals surface area contributed by atoms with Gasteiger partial charge >= 0.3 is 5.97 Å². The summed E-state index contributed by atoms with van der Waals surface area (Å²) in [6, 6.07) is 0. The zero-order chi connectivity index (χ0) is 13.1. The fraction of sp³-hybridized carbons (Fsp3) is 0.667. The van der Waals surface area contributed by atoms with Crippen molar-refractivity contribution in [3.05, 3.63) is 11.1 Å². The number of carboxylic acids is 1. The van der Waals surface area contributed by atoms with Crippen LogP contribution in [0.25, 0.3) is 0 Å². The number of amides is 1. The van der Waals surface area contributed by atoms with Crippen LogP contribution in [-0.4, -0.2) is 60.8 Å². The van der Waals surface area contributed by atoms with Gasteiger partial charge in [-0.05, 0) is 12.5 Å². The van der Waals surface area contributed by atoms with Gasteiger partial charge in [0.05, 0.1) is 19.1 Å². The fourth-order valence-electron chi connectivity index (χ4n) is 2.13. The highest BCUT2D eigenvalue weighted by atomic mass is 16.5. The summed E-state index contributed by atoms with van der Waals surface area (Å²) in [4.78, 5) is 24.5. The average Bonchev–Trinajstić information content (AvgIpc) is 2.25. The van der Waals surface area contributed by atoms with E-state index in [2.05, 4.69) is 5.32 Å². The Morgan fingerprint density at radius 2 is 2.22 bits per heavy atom. The van der Waals surface area contributed by atoms with Gasteiger partial charge in [0.1, 0.15) is 0 Å². The van der Waals surface area contributed by atoms with Gasteiger partial charge in [0, 0.05) is 31.8 Å². The number of nitrogens with one attached hydrogen (secondary N) is 1. The molecule has 1 amide bonds. The molecule has 2 aliphatic heterocycles. The molecule has 0 bridgehead atoms. The van der Waals surface area contributed by atoms with E-state index in [0.717, 1.165) is 24.2 Å². The van der Waals surface area contributed by atoms with Gasteiger partial charge in [-0.25, -0.2) is 0 Å². The lowest BCUT2D eigenvalue weighted by molar-refractivity contribution is -0.146. The number of carbonyl (C=O) groups is 2. The second-order valence-electron chi connectivity index (χ2n) is 4.67. The molecule has 2 fully saturated rings. The minimum Gasteiger partial charge on any atom is -0.481 e. The monoisotopic (exact) mass is 254 g/mol. The van der Waals surface area contributed by atoms with Crippen molar-refractivity contribution in [1.29, 1.82) is 0 Å². The molecule has 1 atom stereocenters. The minimum absolute atomic E-state index is 0.00480. The Bertz CT molecular complexity index is 386. The van der Waals surface area contributed by atoms with Gasteiger partial charge in [-0.15, -0.1) is 0 Å². The molecule has 6 nitrogen and oxygen atoms in total. The van der Waals surface area contributed by atoms with Crippen LogP contribution in [0.2, 0.25) is 0 Å². The molecule has 2 saturated heterocycles. The normalized spacial score (nSPS) is 23.5. The van der Waals surface area contributed by atoms with Crippen LogP contribution < -0.4 is 5.32 Å². The number of morpholine rings is 1. The van der Waals surface area contributed by atoms with Gasteiger partial charge in [0.2, 0.25) is 5.91 Å². The summed E-state index contributed by atoms with van der Waals surface area (Å²) in [6.45, 7) is 4.70. The van der Waals surface area contributed by atoms with Crippen molar-refractivity contribution in [2.75, 3.05) is 32.8 Å². The lowest BCUT2D eigenvalue weighted by atomic mass is 10.0. The highest BCUT2D eigenvalue weighted by Gasteiger charge is 2.28. The average molecular weight is 254 g/mol. The van der Waals surface area contributed by atoms with Crippen molar-refractivity contribution < 1.29 is 19.4 Å². The predicted molar refractivity (Wildman–Crippen MR) is 64.1 cm³/mol. The molecule has 2 rings (SSSR count). The number of nitrogens with zero attached hydrogens (tertiary/aromatic N) is 1. The van der Waals surface area contributed by atoms with E-state index < -0.39 is 12.1 Å². The topological polar surface area (TPSA) is 78.9 Å². The van der Waals surface area contributed by atoms with Crippen molar-refractivity contribution in [3.63, 3.8) is 0 Å². The van der Waals surface area contributed by atoms with Crippen molar-refractivity contribution in [1.82, 2.24) is 10.2 Å². The van der Waals surface area contributed by atoms with Crippen LogP contribution in [-0.2, 0) is 14.3 Å². The summed E-state index contributed by atoms with van der Waals surface area (Å²) < 4.78 is 5.35. The highest BCUT2D eigenvalue weighted by molar-refractivity contribution is 5.94. The van der Waals surface area contributed by atoms with Gasteiger partial charge in [-0.1, -0.05) is 0 Å². The first-order valence-electron chi connectivity index (χ1n) is 6.10. The lowest BCUT2D eigenvalue weighted by Crippen LogP contribution is -2.47. The van der Waals surface area contributed by atoms with E-state index in [1.54, 1.807) is 4.90 Å². The second kappa shape index (κ2) is 5.49. The van der Waals surface area contributed by atoms with Crippen molar-refractivity contribution in [3.8, 4) is 0 Å². The molecular formula is C12H18N2O4. The molecule has 2 aliphatic rings. The predicted octanol–water partition coefficient (Wildman–Crippen LogP) is -0.392. The van der Waals surface area contributed by atoms with Crippen LogP contribution in [0.1, 0.15) is 13.3 Å². The first-order valence-corrected chi connectivity index (χ1v) is 6.10. The number of carboxylic acid groups (broad SMARTS) is 1. The zero-order valence-corrected chi connectivity index (χ0v) is 10.4. The third-order valence-electron chi connectivity index (χ3n) is 3.36. The van der Waals surface area contributed by atoms with Gasteiger partial charge < -0.3 is 20.1 Å². The largest absolute Gasteiger partial charge is 0.481 e. The Morgan fingerprint density at radius 3 is 2.78 bits per heavy atom. The van der Waals surface area contributed by atoms with Crippen LogP contribution in [0.5, 0.6) is 0 Å². The summed E-state index contributed by atoms with van der Waals surface area (Å²) in [6.07, 6.45) is -0.446. The van der Waals surface area contributed by atoms with Crippen LogP contribution in [0.15, 0.2) is 11.1 Å². The Hall–Kier alpha value is -1.40. The zero-order valence-electron chi connectivity index (χ0n) is 10.4. The summed E-state index contributed by atoms with van der Waals surface area (Å²) in [5.74, 6) is -0.891. The first kappa shape index (κ1) is 13.0. The molecule has 2 heterocycles. The smallest absolute Gasteiger partial charge is 0.306 e. The molecular weight excluding hydrogens is 236 g/mol. The van der Waals surface area contributed by atoms with Gasteiger partial charge in [-0.2, -0.15) is 0 Å². The lowest BCUT2D eigenvalue weighted by Gasteiger charge is -2.33. The molecule has 6 heteroatoms. The number of hydrogen-bond acceptors (Lipinski definition) is 4. The maximum atomic E-state index is 12.2. The molecule has 1 unspecified atom stereocenters. The number of ether oxygens (including phenoxy) is 1. The Balaban J connectivity index is 1.96. The van der Waals surface area contributed by atoms with E-state index in [9.17, 15) is 9.59 Å². The van der Waals surface area contributed by atoms with Gasteiger partial charge in [-0.3, -0.25) is 9.59 Å². The Morgan fingerprint density at radius 1 is 1.50 bits per heavy atom. The van der Waals surface area contributed by atoms with E-state index >= 15 is 0 Å². The standard InChI is InChI=1S/C12H18N2O4/c1-8(9-5-13-6-9)12(17)14-2-3-18-10(7-14)4-11(15)16/h10,13H,2-7H2,1H3,(H,15,16). The number of carbonyl (C=O) groups excluding carboxylic acids is 1. The number of hydrogen-bond donors (Lipinski definition) is 2. The van der Waals surface area contributed by atoms with Crippen LogP contribution in [0, 0.1) is 0 Å². The van der Waals surface area contributed by atoms with Crippen molar-refractivity contribution >= 4 is 11.9 Å². The summed E-state index contributed by atoms with van der Waals surface area (Å²) in [5.41, 5.74) is 1.92. The second-order valence-corrected chi connectivity index (χ2v) is 4.67. The van der Waals surface area contributed by atoms with Crippen molar-refractivity contribution in [2.45, 2.75) is 19.4 Å². The van der Waals surface area contributed by atoms with Gasteiger partial charge in [0.15, 0.2) is 0 Å². The Kier molecular flexibility index (Phi) is 3.98. The maximum absolute atomic E-state index is 12.2. The quantitative estimate of drug-likeness (QED) is 0.670. The highest BCUT2D eigenvalue weighted by Crippen LogP contribution is 2.15. The molecule has 0 aliphatic carbocycles. The SMILES string of the molecule is CC(C(=O)N1CCOC(CC(=O)O)C1)=C1CNC1. The van der Waals surface area contributed by atoms with Gasteiger partial charge in [0.25, 0.3) is 0 Å². The molecule has 0 aromatic rings. The maximum Gasteiger partial charge on any atom is 0.306 e. The molecule has 0 aromatic heterocycles. The number of aliphatic carboxylic acids is 1. The molecule has 0 radical (unpaired) electrons. The molecule has 0 saturated carbocycles. The van der Waals surface area contributed by atoms with Crippen LogP contribution >= 0.6 is 0 Å².